The van der Waals surface area contributed by atoms with E-state index in [9.17, 15) is 0 Å². The fourth-order valence-corrected chi connectivity index (χ4v) is 8.83. The summed E-state index contributed by atoms with van der Waals surface area (Å²) in [6, 6.07) is 64.8. The number of benzene rings is 7. The number of hydrogen-bond donors (Lipinski definition) is 0. The van der Waals surface area contributed by atoms with Gasteiger partial charge in [-0.1, -0.05) is 164 Å². The molecule has 0 radical (unpaired) electrons. The summed E-state index contributed by atoms with van der Waals surface area (Å²) in [5.74, 6) is 0.372. The van der Waals surface area contributed by atoms with Crippen molar-refractivity contribution < 1.29 is 0 Å². The van der Waals surface area contributed by atoms with Gasteiger partial charge in [0.15, 0.2) is 0 Å². The van der Waals surface area contributed by atoms with Crippen molar-refractivity contribution in [3.63, 3.8) is 0 Å². The van der Waals surface area contributed by atoms with Crippen LogP contribution in [0.15, 0.2) is 200 Å². The summed E-state index contributed by atoms with van der Waals surface area (Å²) in [4.78, 5) is 2.44. The van der Waals surface area contributed by atoms with Gasteiger partial charge in [0, 0.05) is 23.0 Å². The van der Waals surface area contributed by atoms with Crippen molar-refractivity contribution in [2.75, 3.05) is 4.90 Å². The molecule has 7 aromatic carbocycles. The maximum absolute atomic E-state index is 2.44. The lowest BCUT2D eigenvalue weighted by Crippen LogP contribution is -2.26. The zero-order valence-corrected chi connectivity index (χ0v) is 27.7. The Kier molecular flexibility index (Phi) is 6.60. The van der Waals surface area contributed by atoms with E-state index >= 15 is 0 Å². The number of anilines is 2. The maximum atomic E-state index is 2.44. The van der Waals surface area contributed by atoms with Crippen molar-refractivity contribution in [1.82, 2.24) is 0 Å². The van der Waals surface area contributed by atoms with Crippen molar-refractivity contribution in [2.24, 2.45) is 0 Å². The molecule has 0 aliphatic heterocycles. The van der Waals surface area contributed by atoms with Crippen LogP contribution in [0.25, 0.3) is 33.4 Å². The smallest absolute Gasteiger partial charge is 0.0725 e. The molecule has 3 aliphatic rings. The number of rotatable bonds is 5. The van der Waals surface area contributed by atoms with E-state index in [2.05, 4.69) is 199 Å². The molecule has 0 bridgehead atoms. The number of nitrogens with zero attached hydrogens (tertiary/aromatic N) is 1. The number of allylic oxidation sites excluding steroid dienone is 3. The molecule has 0 saturated heterocycles. The first-order valence-electron chi connectivity index (χ1n) is 17.6. The van der Waals surface area contributed by atoms with Gasteiger partial charge >= 0.3 is 0 Å². The Morgan fingerprint density at radius 1 is 0.440 bits per heavy atom. The number of hydrogen-bond acceptors (Lipinski definition) is 1. The first-order valence-corrected chi connectivity index (χ1v) is 17.6. The summed E-state index contributed by atoms with van der Waals surface area (Å²) in [5.41, 5.74) is 17.7. The molecule has 1 heteroatoms. The summed E-state index contributed by atoms with van der Waals surface area (Å²) in [7, 11) is 0. The topological polar surface area (TPSA) is 3.24 Å². The van der Waals surface area contributed by atoms with Crippen molar-refractivity contribution in [1.29, 1.82) is 0 Å². The van der Waals surface area contributed by atoms with Gasteiger partial charge in [0.2, 0.25) is 0 Å². The lowest BCUT2D eigenvalue weighted by atomic mass is 9.70. The highest BCUT2D eigenvalue weighted by Crippen LogP contribution is 2.63. The second kappa shape index (κ2) is 11.5. The fourth-order valence-electron chi connectivity index (χ4n) is 8.83. The molecule has 7 aromatic rings. The van der Waals surface area contributed by atoms with Gasteiger partial charge in [0.25, 0.3) is 0 Å². The van der Waals surface area contributed by atoms with E-state index in [0.717, 1.165) is 17.8 Å². The standard InChI is InChI=1S/C49H35N/c1-3-13-34(14-4-1)36-23-27-38(28-24-36)50(39-29-25-37(26-30-39)35-15-5-2-6-16-35)40-31-32-48-44(33-40)43-19-9-12-22-47(43)49(48)45-20-10-7-17-41(45)42-18-8-11-21-46(42)49/h1-25,27-33,37H,26H2. The zero-order chi connectivity index (χ0) is 33.1. The molecule has 1 unspecified atom stereocenters. The Bertz CT molecular complexity index is 2410. The highest BCUT2D eigenvalue weighted by molar-refractivity contribution is 5.96. The molecule has 1 spiro atoms. The van der Waals surface area contributed by atoms with Gasteiger partial charge in [-0.25, -0.2) is 0 Å². The molecule has 50 heavy (non-hydrogen) atoms. The van der Waals surface area contributed by atoms with E-state index in [0.29, 0.717) is 5.92 Å². The van der Waals surface area contributed by atoms with E-state index < -0.39 is 0 Å². The molecule has 1 nitrogen and oxygen atoms in total. The molecule has 1 atom stereocenters. The largest absolute Gasteiger partial charge is 0.311 e. The summed E-state index contributed by atoms with van der Waals surface area (Å²) in [5, 5.41) is 0. The van der Waals surface area contributed by atoms with Crippen LogP contribution < -0.4 is 4.90 Å². The van der Waals surface area contributed by atoms with Gasteiger partial charge in [-0.2, -0.15) is 0 Å². The van der Waals surface area contributed by atoms with Crippen molar-refractivity contribution >= 4 is 11.4 Å². The van der Waals surface area contributed by atoms with Crippen LogP contribution in [0.1, 0.15) is 40.2 Å². The van der Waals surface area contributed by atoms with Crippen LogP contribution in [0.4, 0.5) is 11.4 Å². The molecule has 0 fully saturated rings. The summed E-state index contributed by atoms with van der Waals surface area (Å²) in [6.07, 6.45) is 8.06. The van der Waals surface area contributed by atoms with Crippen LogP contribution in [-0.4, -0.2) is 0 Å². The Morgan fingerprint density at radius 2 is 0.940 bits per heavy atom. The van der Waals surface area contributed by atoms with E-state index in [1.54, 1.807) is 0 Å². The van der Waals surface area contributed by atoms with Crippen LogP contribution >= 0.6 is 0 Å². The molecule has 0 heterocycles. The molecule has 0 N–H and O–H groups in total. The van der Waals surface area contributed by atoms with E-state index in [-0.39, 0.29) is 5.41 Å². The first-order chi connectivity index (χ1) is 24.8. The lowest BCUT2D eigenvalue weighted by Gasteiger charge is -2.32. The predicted octanol–water partition coefficient (Wildman–Crippen LogP) is 12.5. The quantitative estimate of drug-likeness (QED) is 0.181. The highest BCUT2D eigenvalue weighted by Gasteiger charge is 2.51. The summed E-state index contributed by atoms with van der Waals surface area (Å²) >= 11 is 0. The molecule has 236 valence electrons. The molecule has 0 saturated carbocycles. The van der Waals surface area contributed by atoms with Crippen molar-refractivity contribution in [3.8, 4) is 33.4 Å². The van der Waals surface area contributed by atoms with Crippen LogP contribution in [0.3, 0.4) is 0 Å². The Hall–Kier alpha value is -6.18. The average molecular weight is 638 g/mol. The zero-order valence-electron chi connectivity index (χ0n) is 27.7. The SMILES string of the molecule is C1=CC(c2ccccc2)CC=C1N(c1ccc(-c2ccccc2)cc1)c1ccc2c(c1)-c1ccccc1C21c2ccccc2-c2ccccc21. The van der Waals surface area contributed by atoms with Crippen LogP contribution in [0.2, 0.25) is 0 Å². The maximum Gasteiger partial charge on any atom is 0.0725 e. The van der Waals surface area contributed by atoms with Gasteiger partial charge in [-0.15, -0.1) is 0 Å². The van der Waals surface area contributed by atoms with Crippen molar-refractivity contribution in [3.05, 3.63) is 228 Å². The van der Waals surface area contributed by atoms with Gasteiger partial charge in [0.05, 0.1) is 5.41 Å². The van der Waals surface area contributed by atoms with Gasteiger partial charge in [0.1, 0.15) is 0 Å². The summed E-state index contributed by atoms with van der Waals surface area (Å²) in [6.45, 7) is 0. The van der Waals surface area contributed by atoms with E-state index in [4.69, 9.17) is 0 Å². The average Bonchev–Trinajstić information content (AvgIpc) is 3.66. The Morgan fingerprint density at radius 3 is 1.54 bits per heavy atom. The van der Waals surface area contributed by atoms with Crippen molar-refractivity contribution in [2.45, 2.75) is 17.8 Å². The number of fused-ring (bicyclic) bond motifs is 10. The van der Waals surface area contributed by atoms with Gasteiger partial charge < -0.3 is 4.90 Å². The molecule has 10 rings (SSSR count). The predicted molar refractivity (Wildman–Crippen MR) is 208 cm³/mol. The molecular formula is C49H35N. The van der Waals surface area contributed by atoms with E-state index in [1.165, 1.54) is 66.9 Å². The van der Waals surface area contributed by atoms with E-state index in [1.807, 2.05) is 0 Å². The minimum Gasteiger partial charge on any atom is -0.311 e. The normalized spacial score (nSPS) is 15.9. The molecule has 3 aliphatic carbocycles. The lowest BCUT2D eigenvalue weighted by molar-refractivity contribution is 0.793. The van der Waals surface area contributed by atoms with Gasteiger partial charge in [-0.05, 0) is 98.0 Å². The third-order valence-corrected chi connectivity index (χ3v) is 11.0. The third-order valence-electron chi connectivity index (χ3n) is 11.0. The van der Waals surface area contributed by atoms with Crippen LogP contribution in [0.5, 0.6) is 0 Å². The first kappa shape index (κ1) is 28.8. The molecule has 0 amide bonds. The Balaban J connectivity index is 1.14. The summed E-state index contributed by atoms with van der Waals surface area (Å²) < 4.78 is 0. The molecule has 0 aromatic heterocycles. The molecular weight excluding hydrogens is 603 g/mol. The van der Waals surface area contributed by atoms with Gasteiger partial charge in [-0.3, -0.25) is 0 Å². The fraction of sp³-hybridized carbons (Fsp3) is 0.0612. The second-order valence-corrected chi connectivity index (χ2v) is 13.6. The third kappa shape index (κ3) is 4.27. The Labute approximate surface area is 294 Å². The minimum atomic E-state index is -0.341. The monoisotopic (exact) mass is 637 g/mol. The van der Waals surface area contributed by atoms with Crippen LogP contribution in [-0.2, 0) is 5.41 Å². The minimum absolute atomic E-state index is 0.341. The second-order valence-electron chi connectivity index (χ2n) is 13.6. The van der Waals surface area contributed by atoms with Crippen LogP contribution in [0, 0.1) is 0 Å². The highest BCUT2D eigenvalue weighted by atomic mass is 15.1.